The molecule has 3 rings (SSSR count). The summed E-state index contributed by atoms with van der Waals surface area (Å²) in [6, 6.07) is 16.1. The summed E-state index contributed by atoms with van der Waals surface area (Å²) in [7, 11) is 1.64. The molecule has 0 aliphatic carbocycles. The number of carbonyl (C=O) groups is 1. The van der Waals surface area contributed by atoms with Gasteiger partial charge in [-0.25, -0.2) is 0 Å². The normalized spacial score (nSPS) is 13.7. The first-order chi connectivity index (χ1) is 10.3. The number of nitrogens with zero attached hydrogens (tertiary/aromatic N) is 1. The van der Waals surface area contributed by atoms with Crippen LogP contribution in [-0.2, 0) is 24.2 Å². The highest BCUT2D eigenvalue weighted by molar-refractivity contribution is 5.79. The molecule has 0 unspecified atom stereocenters. The Hall–Kier alpha value is -2.29. The molecule has 0 N–H and O–H groups in total. The number of ether oxygens (including phenoxy) is 1. The molecule has 0 spiro atoms. The second-order valence-electron chi connectivity index (χ2n) is 5.32. The van der Waals surface area contributed by atoms with E-state index in [1.54, 1.807) is 7.11 Å². The maximum atomic E-state index is 12.5. The van der Waals surface area contributed by atoms with Crippen molar-refractivity contribution in [1.82, 2.24) is 4.90 Å². The van der Waals surface area contributed by atoms with Gasteiger partial charge in [0.2, 0.25) is 5.91 Å². The largest absolute Gasteiger partial charge is 0.496 e. The van der Waals surface area contributed by atoms with Crippen molar-refractivity contribution in [1.29, 1.82) is 0 Å². The van der Waals surface area contributed by atoms with E-state index >= 15 is 0 Å². The third kappa shape index (κ3) is 2.92. The fraction of sp³-hybridized carbons (Fsp3) is 0.278. The molecule has 3 heteroatoms. The smallest absolute Gasteiger partial charge is 0.227 e. The molecular formula is C18H19NO2. The summed E-state index contributed by atoms with van der Waals surface area (Å²) in [6.45, 7) is 1.51. The summed E-state index contributed by atoms with van der Waals surface area (Å²) in [5, 5.41) is 0. The minimum absolute atomic E-state index is 0.161. The number of benzene rings is 2. The van der Waals surface area contributed by atoms with E-state index in [-0.39, 0.29) is 5.91 Å². The average molecular weight is 281 g/mol. The average Bonchev–Trinajstić information content (AvgIpc) is 2.55. The first kappa shape index (κ1) is 13.7. The minimum Gasteiger partial charge on any atom is -0.496 e. The molecule has 0 aromatic heterocycles. The fourth-order valence-corrected chi connectivity index (χ4v) is 2.83. The van der Waals surface area contributed by atoms with Gasteiger partial charge < -0.3 is 9.64 Å². The lowest BCUT2D eigenvalue weighted by atomic mass is 9.99. The fourth-order valence-electron chi connectivity index (χ4n) is 2.83. The van der Waals surface area contributed by atoms with Crippen molar-refractivity contribution < 1.29 is 9.53 Å². The Kier molecular flexibility index (Phi) is 3.91. The molecule has 2 aromatic rings. The Labute approximate surface area is 125 Å². The molecule has 1 aliphatic heterocycles. The topological polar surface area (TPSA) is 29.5 Å². The number of carbonyl (C=O) groups excluding carboxylic acids is 1. The Morgan fingerprint density at radius 2 is 1.81 bits per heavy atom. The van der Waals surface area contributed by atoms with Crippen LogP contribution in [0, 0.1) is 0 Å². The monoisotopic (exact) mass is 281 g/mol. The standard InChI is InChI=1S/C18H19NO2/c1-21-17-9-5-4-7-15(17)12-18(20)19-11-10-14-6-2-3-8-16(14)13-19/h2-9H,10-13H2,1H3. The minimum atomic E-state index is 0.161. The molecule has 0 radical (unpaired) electrons. The van der Waals surface area contributed by atoms with Crippen LogP contribution in [0.5, 0.6) is 5.75 Å². The van der Waals surface area contributed by atoms with Crippen molar-refractivity contribution >= 4 is 5.91 Å². The molecule has 21 heavy (non-hydrogen) atoms. The van der Waals surface area contributed by atoms with E-state index in [9.17, 15) is 4.79 Å². The van der Waals surface area contributed by atoms with Crippen LogP contribution in [-0.4, -0.2) is 24.5 Å². The van der Waals surface area contributed by atoms with Crippen LogP contribution < -0.4 is 4.74 Å². The van der Waals surface area contributed by atoms with Gasteiger partial charge >= 0.3 is 0 Å². The quantitative estimate of drug-likeness (QED) is 0.866. The van der Waals surface area contributed by atoms with Gasteiger partial charge in [0.1, 0.15) is 5.75 Å². The van der Waals surface area contributed by atoms with Gasteiger partial charge in [-0.1, -0.05) is 42.5 Å². The maximum absolute atomic E-state index is 12.5. The number of amides is 1. The lowest BCUT2D eigenvalue weighted by Crippen LogP contribution is -2.36. The maximum Gasteiger partial charge on any atom is 0.227 e. The number of para-hydroxylation sites is 1. The van der Waals surface area contributed by atoms with E-state index in [1.807, 2.05) is 35.2 Å². The zero-order valence-corrected chi connectivity index (χ0v) is 12.2. The van der Waals surface area contributed by atoms with Gasteiger partial charge in [0.15, 0.2) is 0 Å². The van der Waals surface area contributed by atoms with Crippen LogP contribution in [0.1, 0.15) is 16.7 Å². The molecule has 0 bridgehead atoms. The third-order valence-electron chi connectivity index (χ3n) is 4.02. The number of methoxy groups -OCH3 is 1. The first-order valence-electron chi connectivity index (χ1n) is 7.24. The molecule has 0 saturated carbocycles. The molecule has 108 valence electrons. The van der Waals surface area contributed by atoms with Crippen LogP contribution in [0.4, 0.5) is 0 Å². The van der Waals surface area contributed by atoms with Crippen molar-refractivity contribution in [2.75, 3.05) is 13.7 Å². The summed E-state index contributed by atoms with van der Waals surface area (Å²) < 4.78 is 5.32. The van der Waals surface area contributed by atoms with Gasteiger partial charge in [-0.2, -0.15) is 0 Å². The van der Waals surface area contributed by atoms with E-state index in [1.165, 1.54) is 11.1 Å². The van der Waals surface area contributed by atoms with Crippen LogP contribution in [0.15, 0.2) is 48.5 Å². The molecular weight excluding hydrogens is 262 g/mol. The molecule has 1 heterocycles. The molecule has 1 amide bonds. The van der Waals surface area contributed by atoms with Gasteiger partial charge in [0.25, 0.3) is 0 Å². The second kappa shape index (κ2) is 6.00. The Morgan fingerprint density at radius 1 is 1.10 bits per heavy atom. The van der Waals surface area contributed by atoms with E-state index in [0.29, 0.717) is 13.0 Å². The summed E-state index contributed by atoms with van der Waals surface area (Å²) in [4.78, 5) is 14.5. The summed E-state index contributed by atoms with van der Waals surface area (Å²) in [5.74, 6) is 0.942. The summed E-state index contributed by atoms with van der Waals surface area (Å²) in [6.07, 6.45) is 1.33. The van der Waals surface area contributed by atoms with Crippen molar-refractivity contribution in [3.8, 4) is 5.75 Å². The van der Waals surface area contributed by atoms with Crippen LogP contribution >= 0.6 is 0 Å². The molecule has 2 aromatic carbocycles. The van der Waals surface area contributed by atoms with E-state index < -0.39 is 0 Å². The molecule has 0 fully saturated rings. The molecule has 0 saturated heterocycles. The lowest BCUT2D eigenvalue weighted by molar-refractivity contribution is -0.131. The van der Waals surface area contributed by atoms with E-state index in [2.05, 4.69) is 18.2 Å². The van der Waals surface area contributed by atoms with Crippen LogP contribution in [0.25, 0.3) is 0 Å². The highest BCUT2D eigenvalue weighted by Crippen LogP contribution is 2.22. The number of rotatable bonds is 3. The second-order valence-corrected chi connectivity index (χ2v) is 5.32. The van der Waals surface area contributed by atoms with E-state index in [4.69, 9.17) is 4.74 Å². The van der Waals surface area contributed by atoms with Crippen molar-refractivity contribution in [3.05, 3.63) is 65.2 Å². The Balaban J connectivity index is 1.72. The summed E-state index contributed by atoms with van der Waals surface area (Å²) >= 11 is 0. The lowest BCUT2D eigenvalue weighted by Gasteiger charge is -2.29. The van der Waals surface area contributed by atoms with Crippen LogP contribution in [0.2, 0.25) is 0 Å². The SMILES string of the molecule is COc1ccccc1CC(=O)N1CCc2ccccc2C1. The third-order valence-corrected chi connectivity index (χ3v) is 4.02. The predicted molar refractivity (Wildman–Crippen MR) is 82.3 cm³/mol. The van der Waals surface area contributed by atoms with Crippen LogP contribution in [0.3, 0.4) is 0 Å². The highest BCUT2D eigenvalue weighted by atomic mass is 16.5. The van der Waals surface area contributed by atoms with Gasteiger partial charge in [-0.15, -0.1) is 0 Å². The highest BCUT2D eigenvalue weighted by Gasteiger charge is 2.21. The van der Waals surface area contributed by atoms with E-state index in [0.717, 1.165) is 24.3 Å². The zero-order valence-electron chi connectivity index (χ0n) is 12.2. The Morgan fingerprint density at radius 3 is 2.62 bits per heavy atom. The Bertz CT molecular complexity index is 651. The van der Waals surface area contributed by atoms with Gasteiger partial charge in [-0.05, 0) is 23.6 Å². The van der Waals surface area contributed by atoms with Gasteiger partial charge in [0, 0.05) is 18.7 Å². The van der Waals surface area contributed by atoms with Crippen molar-refractivity contribution in [3.63, 3.8) is 0 Å². The van der Waals surface area contributed by atoms with Crippen molar-refractivity contribution in [2.45, 2.75) is 19.4 Å². The summed E-state index contributed by atoms with van der Waals surface area (Å²) in [5.41, 5.74) is 3.57. The number of fused-ring (bicyclic) bond motifs is 1. The predicted octanol–water partition coefficient (Wildman–Crippen LogP) is 2.82. The molecule has 0 atom stereocenters. The zero-order chi connectivity index (χ0) is 14.7. The molecule has 3 nitrogen and oxygen atoms in total. The van der Waals surface area contributed by atoms with Gasteiger partial charge in [0.05, 0.1) is 13.5 Å². The molecule has 1 aliphatic rings. The first-order valence-corrected chi connectivity index (χ1v) is 7.24. The number of hydrogen-bond donors (Lipinski definition) is 0. The number of hydrogen-bond acceptors (Lipinski definition) is 2. The van der Waals surface area contributed by atoms with Gasteiger partial charge in [-0.3, -0.25) is 4.79 Å². The van der Waals surface area contributed by atoms with Crippen molar-refractivity contribution in [2.24, 2.45) is 0 Å².